The molecule has 1 N–H and O–H groups in total. The number of aromatic nitrogens is 2. The first-order valence-corrected chi connectivity index (χ1v) is 12.3. The van der Waals surface area contributed by atoms with Crippen molar-refractivity contribution in [2.75, 3.05) is 4.72 Å². The van der Waals surface area contributed by atoms with Crippen molar-refractivity contribution in [2.45, 2.75) is 25.0 Å². The van der Waals surface area contributed by atoms with Crippen LogP contribution >= 0.6 is 0 Å². The largest absolute Gasteiger partial charge is 0.435 e. The van der Waals surface area contributed by atoms with E-state index >= 15 is 0 Å². The lowest BCUT2D eigenvalue weighted by atomic mass is 10.00. The monoisotopic (exact) mass is 528 g/mol. The van der Waals surface area contributed by atoms with Gasteiger partial charge in [-0.3, -0.25) is 9.40 Å². The fraction of sp³-hybridized carbons (Fsp3) is 0.125. The van der Waals surface area contributed by atoms with Gasteiger partial charge in [-0.15, -0.1) is 0 Å². The Balaban J connectivity index is 1.82. The molecule has 1 heterocycles. The molecule has 4 rings (SSSR count). The zero-order chi connectivity index (χ0) is 26.6. The molecule has 13 heteroatoms. The van der Waals surface area contributed by atoms with Crippen molar-refractivity contribution in [3.63, 3.8) is 0 Å². The number of anilines is 1. The molecule has 0 unspecified atom stereocenters. The number of halogens is 3. The minimum Gasteiger partial charge on any atom is -0.435 e. The van der Waals surface area contributed by atoms with Gasteiger partial charge in [-0.25, -0.2) is 12.8 Å². The third-order valence-corrected chi connectivity index (χ3v) is 6.61. The van der Waals surface area contributed by atoms with Gasteiger partial charge in [-0.05, 0) is 53.9 Å². The summed E-state index contributed by atoms with van der Waals surface area (Å²) in [6, 6.07) is 13.2. The summed E-state index contributed by atoms with van der Waals surface area (Å²) in [6.07, 6.45) is 3.29. The first kappa shape index (κ1) is 25.6. The average Bonchev–Trinajstić information content (AvgIpc) is 3.32. The molecule has 1 aromatic heterocycles. The Kier molecular flexibility index (Phi) is 7.37. The molecule has 0 radical (unpaired) electrons. The van der Waals surface area contributed by atoms with E-state index < -0.39 is 22.5 Å². The number of nitrogens with zero attached hydrogens (tertiary/aromatic N) is 5. The van der Waals surface area contributed by atoms with E-state index in [1.165, 1.54) is 36.4 Å². The van der Waals surface area contributed by atoms with Gasteiger partial charge in [0.2, 0.25) is 0 Å². The van der Waals surface area contributed by atoms with Crippen molar-refractivity contribution >= 4 is 21.4 Å². The van der Waals surface area contributed by atoms with Crippen LogP contribution in [0.1, 0.15) is 6.92 Å². The second kappa shape index (κ2) is 10.6. The van der Waals surface area contributed by atoms with Crippen LogP contribution in [0.4, 0.5) is 24.5 Å². The number of ether oxygens (including phenoxy) is 1. The summed E-state index contributed by atoms with van der Waals surface area (Å²) in [5, 5.41) is 7.66. The lowest BCUT2D eigenvalue weighted by Crippen LogP contribution is -2.13. The molecule has 0 spiro atoms. The molecule has 190 valence electrons. The summed E-state index contributed by atoms with van der Waals surface area (Å²) in [5.41, 5.74) is 10.5. The predicted octanol–water partition coefficient (Wildman–Crippen LogP) is 6.72. The molecule has 37 heavy (non-hydrogen) atoms. The number of hydrogen-bond donors (Lipinski definition) is 1. The summed E-state index contributed by atoms with van der Waals surface area (Å²) in [7, 11) is -4.17. The van der Waals surface area contributed by atoms with Gasteiger partial charge >= 0.3 is 6.61 Å². The van der Waals surface area contributed by atoms with E-state index in [0.717, 1.165) is 12.1 Å². The van der Waals surface area contributed by atoms with E-state index in [2.05, 4.69) is 24.6 Å². The number of sulfonamides is 1. The number of hydrogen-bond acceptors (Lipinski definition) is 5. The molecule has 9 nitrogen and oxygen atoms in total. The molecule has 0 atom stereocenters. The third kappa shape index (κ3) is 6.02. The number of rotatable bonds is 9. The molecule has 4 aromatic rings. The first-order chi connectivity index (χ1) is 17.7. The number of nitrogens with one attached hydrogen (secondary N) is 1. The summed E-state index contributed by atoms with van der Waals surface area (Å²) in [6.45, 7) is -0.666. The highest BCUT2D eigenvalue weighted by molar-refractivity contribution is 7.92. The van der Waals surface area contributed by atoms with Crippen molar-refractivity contribution < 1.29 is 26.3 Å². The van der Waals surface area contributed by atoms with E-state index in [4.69, 9.17) is 5.53 Å². The Labute approximate surface area is 209 Å². The fourth-order valence-corrected chi connectivity index (χ4v) is 4.71. The minimum absolute atomic E-state index is 0.106. The molecule has 0 aliphatic rings. The summed E-state index contributed by atoms with van der Waals surface area (Å²) < 4.78 is 74.6. The van der Waals surface area contributed by atoms with Gasteiger partial charge in [0.1, 0.15) is 11.6 Å². The maximum Gasteiger partial charge on any atom is 0.387 e. The van der Waals surface area contributed by atoms with Gasteiger partial charge in [-0.2, -0.15) is 13.9 Å². The quantitative estimate of drug-likeness (QED) is 0.147. The van der Waals surface area contributed by atoms with Crippen LogP contribution in [-0.4, -0.2) is 24.8 Å². The van der Waals surface area contributed by atoms with Crippen molar-refractivity contribution in [3.05, 3.63) is 89.3 Å². The SMILES string of the molecule is CCn1cc(-c2ccc(-c3cc(F)cc(OC(F)F)c3)cc2NS(=O)(=O)c2cccc(N=[N+]=[N-])c2)cn1. The molecule has 0 fully saturated rings. The number of alkyl halides is 2. The van der Waals surface area contributed by atoms with Crippen molar-refractivity contribution in [1.29, 1.82) is 0 Å². The van der Waals surface area contributed by atoms with Crippen molar-refractivity contribution in [2.24, 2.45) is 5.11 Å². The predicted molar refractivity (Wildman–Crippen MR) is 131 cm³/mol. The molecule has 0 aliphatic heterocycles. The lowest BCUT2D eigenvalue weighted by molar-refractivity contribution is -0.0499. The highest BCUT2D eigenvalue weighted by Gasteiger charge is 2.19. The van der Waals surface area contributed by atoms with Crippen LogP contribution in [0.25, 0.3) is 32.7 Å². The van der Waals surface area contributed by atoms with E-state index in [1.54, 1.807) is 29.2 Å². The number of azide groups is 1. The highest BCUT2D eigenvalue weighted by Crippen LogP contribution is 2.35. The van der Waals surface area contributed by atoms with E-state index in [0.29, 0.717) is 23.2 Å². The second-order valence-electron chi connectivity index (χ2n) is 7.69. The topological polar surface area (TPSA) is 122 Å². The van der Waals surface area contributed by atoms with E-state index in [-0.39, 0.29) is 27.6 Å². The zero-order valence-electron chi connectivity index (χ0n) is 19.2. The van der Waals surface area contributed by atoms with Crippen LogP contribution in [0.3, 0.4) is 0 Å². The molecule has 0 saturated carbocycles. The Bertz CT molecular complexity index is 1600. The van der Waals surface area contributed by atoms with E-state index in [9.17, 15) is 21.6 Å². The Morgan fingerprint density at radius 2 is 1.92 bits per heavy atom. The summed E-state index contributed by atoms with van der Waals surface area (Å²) >= 11 is 0. The fourth-order valence-electron chi connectivity index (χ4n) is 3.60. The maximum atomic E-state index is 14.2. The molecule has 0 saturated heterocycles. The minimum atomic E-state index is -4.17. The van der Waals surface area contributed by atoms with Crippen LogP contribution in [0.2, 0.25) is 0 Å². The van der Waals surface area contributed by atoms with Gasteiger partial charge < -0.3 is 4.74 Å². The highest BCUT2D eigenvalue weighted by atomic mass is 32.2. The summed E-state index contributed by atoms with van der Waals surface area (Å²) in [4.78, 5) is 2.51. The third-order valence-electron chi connectivity index (χ3n) is 5.25. The smallest absolute Gasteiger partial charge is 0.387 e. The van der Waals surface area contributed by atoms with Gasteiger partial charge in [0, 0.05) is 40.5 Å². The lowest BCUT2D eigenvalue weighted by Gasteiger charge is -2.15. The molecular formula is C24H19F3N6O3S. The zero-order valence-corrected chi connectivity index (χ0v) is 20.0. The number of benzene rings is 3. The standard InChI is InChI=1S/C24H19F3N6O3S/c1-2-33-14-17(13-29-33)22-7-6-15(16-8-18(25)11-20(9-16)36-24(26)27)10-23(22)31-37(34,35)21-5-3-4-19(12-21)30-32-28/h3-14,24,31H,2H2,1H3. The first-order valence-electron chi connectivity index (χ1n) is 10.8. The van der Waals surface area contributed by atoms with Crippen molar-refractivity contribution in [1.82, 2.24) is 9.78 Å². The average molecular weight is 529 g/mol. The van der Waals surface area contributed by atoms with Crippen LogP contribution in [0.5, 0.6) is 5.75 Å². The van der Waals surface area contributed by atoms with Gasteiger partial charge in [0.25, 0.3) is 10.0 Å². The van der Waals surface area contributed by atoms with Gasteiger partial charge in [-0.1, -0.05) is 29.4 Å². The second-order valence-corrected chi connectivity index (χ2v) is 9.37. The van der Waals surface area contributed by atoms with Crippen LogP contribution < -0.4 is 9.46 Å². The normalized spacial score (nSPS) is 11.3. The molecular weight excluding hydrogens is 509 g/mol. The molecule has 0 amide bonds. The maximum absolute atomic E-state index is 14.2. The molecule has 0 bridgehead atoms. The van der Waals surface area contributed by atoms with Crippen LogP contribution in [-0.2, 0) is 16.6 Å². The Morgan fingerprint density at radius 1 is 1.11 bits per heavy atom. The van der Waals surface area contributed by atoms with Gasteiger partial charge in [0.15, 0.2) is 0 Å². The Hall–Kier alpha value is -4.48. The van der Waals surface area contributed by atoms with Crippen molar-refractivity contribution in [3.8, 4) is 28.0 Å². The van der Waals surface area contributed by atoms with E-state index in [1.807, 2.05) is 6.92 Å². The molecule has 0 aliphatic carbocycles. The number of aryl methyl sites for hydroxylation is 1. The molecule has 3 aromatic carbocycles. The van der Waals surface area contributed by atoms with Gasteiger partial charge in [0.05, 0.1) is 16.8 Å². The van der Waals surface area contributed by atoms with Crippen LogP contribution in [0, 0.1) is 5.82 Å². The summed E-state index contributed by atoms with van der Waals surface area (Å²) in [5.74, 6) is -1.19. The Morgan fingerprint density at radius 3 is 2.62 bits per heavy atom. The van der Waals surface area contributed by atoms with Crippen LogP contribution in [0.15, 0.2) is 83.1 Å².